The van der Waals surface area contributed by atoms with Gasteiger partial charge in [-0.1, -0.05) is 13.8 Å². The Morgan fingerprint density at radius 3 is 2.50 bits per heavy atom. The van der Waals surface area contributed by atoms with Crippen LogP contribution in [0.4, 0.5) is 0 Å². The third-order valence-corrected chi connectivity index (χ3v) is 2.07. The predicted octanol–water partition coefficient (Wildman–Crippen LogP) is 1.32. The molecule has 1 fully saturated rings. The summed E-state index contributed by atoms with van der Waals surface area (Å²) < 4.78 is 5.28. The van der Waals surface area contributed by atoms with Crippen LogP contribution in [0, 0.1) is 0 Å². The van der Waals surface area contributed by atoms with Crippen molar-refractivity contribution in [3.63, 3.8) is 0 Å². The molecule has 10 heavy (non-hydrogen) atoms. The van der Waals surface area contributed by atoms with Gasteiger partial charge in [0.05, 0.1) is 18.3 Å². The van der Waals surface area contributed by atoms with E-state index >= 15 is 0 Å². The zero-order valence-electron chi connectivity index (χ0n) is 6.71. The first-order chi connectivity index (χ1) is 4.77. The largest absolute Gasteiger partial charge is 0.393 e. The zero-order chi connectivity index (χ0) is 7.56. The van der Waals surface area contributed by atoms with Crippen molar-refractivity contribution in [2.75, 3.05) is 0 Å². The van der Waals surface area contributed by atoms with Gasteiger partial charge in [-0.15, -0.1) is 0 Å². The van der Waals surface area contributed by atoms with Crippen LogP contribution in [0.2, 0.25) is 0 Å². The molecule has 0 radical (unpaired) electrons. The Bertz CT molecular complexity index is 103. The number of rotatable bonds is 4. The smallest absolute Gasteiger partial charge is 0.0866 e. The summed E-state index contributed by atoms with van der Waals surface area (Å²) in [6, 6.07) is 0. The molecule has 2 heteroatoms. The van der Waals surface area contributed by atoms with E-state index < -0.39 is 0 Å². The fourth-order valence-corrected chi connectivity index (χ4v) is 1.18. The molecule has 0 amide bonds. The van der Waals surface area contributed by atoms with Gasteiger partial charge in [0.15, 0.2) is 0 Å². The van der Waals surface area contributed by atoms with E-state index in [2.05, 4.69) is 6.92 Å². The van der Waals surface area contributed by atoms with Crippen molar-refractivity contribution in [1.29, 1.82) is 0 Å². The molecule has 0 aliphatic carbocycles. The average Bonchev–Trinajstić information content (AvgIpc) is 2.67. The molecule has 1 N–H and O–H groups in total. The van der Waals surface area contributed by atoms with Gasteiger partial charge in [0.25, 0.3) is 0 Å². The standard InChI is InChI=1S/C8H16O2/c1-3-6(9)5-8-7(4-2)10-8/h6-9H,3-5H2,1-2H3. The highest BCUT2D eigenvalue weighted by molar-refractivity contribution is 4.84. The number of aliphatic hydroxyl groups is 1. The van der Waals surface area contributed by atoms with Crippen LogP contribution in [0.3, 0.4) is 0 Å². The maximum absolute atomic E-state index is 9.20. The Morgan fingerprint density at radius 2 is 2.10 bits per heavy atom. The fourth-order valence-electron chi connectivity index (χ4n) is 1.18. The number of hydrogen-bond donors (Lipinski definition) is 1. The van der Waals surface area contributed by atoms with Crippen LogP contribution in [-0.4, -0.2) is 23.4 Å². The molecular formula is C8H16O2. The summed E-state index contributed by atoms with van der Waals surface area (Å²) in [6.45, 7) is 4.11. The second-order valence-corrected chi connectivity index (χ2v) is 2.92. The van der Waals surface area contributed by atoms with E-state index in [-0.39, 0.29) is 6.10 Å². The molecule has 1 heterocycles. The Hall–Kier alpha value is -0.0800. The lowest BCUT2D eigenvalue weighted by Crippen LogP contribution is -2.09. The molecule has 2 nitrogen and oxygen atoms in total. The molecule has 0 spiro atoms. The van der Waals surface area contributed by atoms with E-state index in [4.69, 9.17) is 4.74 Å². The lowest BCUT2D eigenvalue weighted by molar-refractivity contribution is 0.148. The summed E-state index contributed by atoms with van der Waals surface area (Å²) in [5, 5.41) is 9.20. The van der Waals surface area contributed by atoms with E-state index in [1.807, 2.05) is 6.92 Å². The van der Waals surface area contributed by atoms with E-state index in [1.165, 1.54) is 0 Å². The molecule has 1 aliphatic heterocycles. The van der Waals surface area contributed by atoms with Gasteiger partial charge in [0.1, 0.15) is 0 Å². The summed E-state index contributed by atoms with van der Waals surface area (Å²) in [7, 11) is 0. The highest BCUT2D eigenvalue weighted by Gasteiger charge is 2.37. The van der Waals surface area contributed by atoms with Crippen LogP contribution >= 0.6 is 0 Å². The molecule has 0 aromatic carbocycles. The molecule has 60 valence electrons. The second-order valence-electron chi connectivity index (χ2n) is 2.92. The normalized spacial score (nSPS) is 33.9. The highest BCUT2D eigenvalue weighted by atomic mass is 16.6. The van der Waals surface area contributed by atoms with Crippen LogP contribution in [0.15, 0.2) is 0 Å². The highest BCUT2D eigenvalue weighted by Crippen LogP contribution is 2.29. The predicted molar refractivity (Wildman–Crippen MR) is 39.9 cm³/mol. The van der Waals surface area contributed by atoms with Crippen LogP contribution in [0.25, 0.3) is 0 Å². The summed E-state index contributed by atoms with van der Waals surface area (Å²) in [5.74, 6) is 0. The van der Waals surface area contributed by atoms with Gasteiger partial charge in [-0.3, -0.25) is 0 Å². The number of hydrogen-bond acceptors (Lipinski definition) is 2. The van der Waals surface area contributed by atoms with E-state index in [0.29, 0.717) is 12.2 Å². The maximum atomic E-state index is 9.20. The zero-order valence-corrected chi connectivity index (χ0v) is 6.71. The van der Waals surface area contributed by atoms with Crippen LogP contribution < -0.4 is 0 Å². The maximum Gasteiger partial charge on any atom is 0.0866 e. The molecule has 1 rings (SSSR count). The molecule has 0 aromatic rings. The van der Waals surface area contributed by atoms with Crippen molar-refractivity contribution < 1.29 is 9.84 Å². The van der Waals surface area contributed by atoms with Gasteiger partial charge in [-0.25, -0.2) is 0 Å². The van der Waals surface area contributed by atoms with E-state index in [9.17, 15) is 5.11 Å². The Morgan fingerprint density at radius 1 is 1.40 bits per heavy atom. The molecular weight excluding hydrogens is 128 g/mol. The van der Waals surface area contributed by atoms with Crippen molar-refractivity contribution in [2.45, 2.75) is 51.4 Å². The van der Waals surface area contributed by atoms with Crippen molar-refractivity contribution in [2.24, 2.45) is 0 Å². The van der Waals surface area contributed by atoms with Gasteiger partial charge >= 0.3 is 0 Å². The first-order valence-corrected chi connectivity index (χ1v) is 4.11. The van der Waals surface area contributed by atoms with Crippen molar-refractivity contribution in [1.82, 2.24) is 0 Å². The SMILES string of the molecule is CCC(O)CC1OC1CC. The van der Waals surface area contributed by atoms with Crippen molar-refractivity contribution in [3.8, 4) is 0 Å². The molecule has 0 aromatic heterocycles. The first-order valence-electron chi connectivity index (χ1n) is 4.11. The third kappa shape index (κ3) is 1.96. The number of aliphatic hydroxyl groups excluding tert-OH is 1. The minimum atomic E-state index is -0.151. The summed E-state index contributed by atoms with van der Waals surface area (Å²) in [5.41, 5.74) is 0. The Labute approximate surface area is 62.2 Å². The van der Waals surface area contributed by atoms with Crippen LogP contribution in [0.1, 0.15) is 33.1 Å². The van der Waals surface area contributed by atoms with Gasteiger partial charge in [0, 0.05) is 6.42 Å². The van der Waals surface area contributed by atoms with Crippen molar-refractivity contribution >= 4 is 0 Å². The summed E-state index contributed by atoms with van der Waals surface area (Å²) >= 11 is 0. The minimum Gasteiger partial charge on any atom is -0.393 e. The Kier molecular flexibility index (Phi) is 2.69. The number of epoxide rings is 1. The van der Waals surface area contributed by atoms with Gasteiger partial charge < -0.3 is 9.84 Å². The average molecular weight is 144 g/mol. The summed E-state index contributed by atoms with van der Waals surface area (Å²) in [6.07, 6.45) is 3.41. The number of ether oxygens (including phenoxy) is 1. The lowest BCUT2D eigenvalue weighted by atomic mass is 10.1. The molecule has 0 bridgehead atoms. The molecule has 0 saturated carbocycles. The van der Waals surface area contributed by atoms with Crippen molar-refractivity contribution in [3.05, 3.63) is 0 Å². The minimum absolute atomic E-state index is 0.151. The van der Waals surface area contributed by atoms with Gasteiger partial charge in [0.2, 0.25) is 0 Å². The van der Waals surface area contributed by atoms with Gasteiger partial charge in [-0.05, 0) is 12.8 Å². The van der Waals surface area contributed by atoms with E-state index in [0.717, 1.165) is 19.3 Å². The van der Waals surface area contributed by atoms with E-state index in [1.54, 1.807) is 0 Å². The first kappa shape index (κ1) is 8.02. The fraction of sp³-hybridized carbons (Fsp3) is 1.00. The monoisotopic (exact) mass is 144 g/mol. The third-order valence-electron chi connectivity index (χ3n) is 2.07. The Balaban J connectivity index is 2.05. The lowest BCUT2D eigenvalue weighted by Gasteiger charge is -2.02. The quantitative estimate of drug-likeness (QED) is 0.604. The topological polar surface area (TPSA) is 32.8 Å². The molecule has 3 unspecified atom stereocenters. The van der Waals surface area contributed by atoms with Crippen LogP contribution in [0.5, 0.6) is 0 Å². The molecule has 3 atom stereocenters. The summed E-state index contributed by atoms with van der Waals surface area (Å²) in [4.78, 5) is 0. The molecule has 1 aliphatic rings. The van der Waals surface area contributed by atoms with Crippen LogP contribution in [-0.2, 0) is 4.74 Å². The molecule has 1 saturated heterocycles. The van der Waals surface area contributed by atoms with Gasteiger partial charge in [-0.2, -0.15) is 0 Å². The second kappa shape index (κ2) is 3.35.